The monoisotopic (exact) mass is 555 g/mol. The molecule has 1 amide bonds. The third-order valence-corrected chi connectivity index (χ3v) is 8.97. The van der Waals surface area contributed by atoms with Crippen LogP contribution in [0.3, 0.4) is 0 Å². The summed E-state index contributed by atoms with van der Waals surface area (Å²) >= 11 is 7.44. The third-order valence-electron chi connectivity index (χ3n) is 7.30. The van der Waals surface area contributed by atoms with Crippen LogP contribution in [0.5, 0.6) is 5.75 Å². The second kappa shape index (κ2) is 11.4. The summed E-state index contributed by atoms with van der Waals surface area (Å²) in [6.07, 6.45) is 6.94. The number of thiophene rings is 1. The van der Waals surface area contributed by atoms with E-state index in [1.54, 1.807) is 24.4 Å². The molecule has 2 aromatic heterocycles. The van der Waals surface area contributed by atoms with E-state index in [0.29, 0.717) is 11.8 Å². The number of nitrogens with one attached hydrogen (secondary N) is 1. The number of ether oxygens (including phenoxy) is 1. The van der Waals surface area contributed by atoms with E-state index in [4.69, 9.17) is 16.3 Å². The van der Waals surface area contributed by atoms with Crippen molar-refractivity contribution in [2.75, 3.05) is 14.2 Å². The molecule has 0 bridgehead atoms. The zero-order valence-corrected chi connectivity index (χ0v) is 22.7. The minimum absolute atomic E-state index is 0.0445. The topological polar surface area (TPSA) is 54.5 Å². The summed E-state index contributed by atoms with van der Waals surface area (Å²) in [7, 11) is 3.55. The number of pyridine rings is 1. The van der Waals surface area contributed by atoms with Crippen LogP contribution in [-0.2, 0) is 6.54 Å². The van der Waals surface area contributed by atoms with Gasteiger partial charge in [0, 0.05) is 42.1 Å². The Bertz CT molecular complexity index is 1460. The maximum Gasteiger partial charge on any atom is 0.266 e. The number of carbonyl (C=O) groups is 1. The molecule has 198 valence electrons. The lowest BCUT2D eigenvalue weighted by atomic mass is 9.89. The second-order valence-corrected chi connectivity index (χ2v) is 10.9. The van der Waals surface area contributed by atoms with E-state index in [1.807, 2.05) is 37.4 Å². The fourth-order valence-corrected chi connectivity index (χ4v) is 6.71. The van der Waals surface area contributed by atoms with Gasteiger partial charge in [0.1, 0.15) is 22.3 Å². The molecule has 0 spiro atoms. The van der Waals surface area contributed by atoms with Gasteiger partial charge in [0.25, 0.3) is 5.91 Å². The minimum Gasteiger partial charge on any atom is -0.496 e. The number of benzene rings is 2. The van der Waals surface area contributed by atoms with Crippen molar-refractivity contribution in [1.29, 1.82) is 0 Å². The summed E-state index contributed by atoms with van der Waals surface area (Å²) in [5.41, 5.74) is 2.72. The first-order valence-corrected chi connectivity index (χ1v) is 13.7. The van der Waals surface area contributed by atoms with Gasteiger partial charge in [-0.3, -0.25) is 9.78 Å². The fourth-order valence-electron chi connectivity index (χ4n) is 5.21. The fraction of sp³-hybridized carbons (Fsp3) is 0.310. The molecule has 0 unspecified atom stereocenters. The first-order valence-electron chi connectivity index (χ1n) is 12.5. The number of carbonyl (C=O) groups excluding carboxylic acids is 1. The Morgan fingerprint density at radius 2 is 1.89 bits per heavy atom. The maximum atomic E-state index is 14.6. The zero-order chi connectivity index (χ0) is 26.8. The van der Waals surface area contributed by atoms with Crippen molar-refractivity contribution in [2.24, 2.45) is 0 Å². The van der Waals surface area contributed by atoms with Gasteiger partial charge in [0.2, 0.25) is 0 Å². The van der Waals surface area contributed by atoms with E-state index in [-0.39, 0.29) is 38.5 Å². The molecular formula is C29H28ClF2N3O2S. The van der Waals surface area contributed by atoms with Gasteiger partial charge in [-0.15, -0.1) is 11.3 Å². The van der Waals surface area contributed by atoms with Crippen molar-refractivity contribution in [2.45, 2.75) is 44.3 Å². The van der Waals surface area contributed by atoms with Gasteiger partial charge in [-0.05, 0) is 68.6 Å². The number of aromatic nitrogens is 1. The molecule has 4 aromatic rings. The predicted octanol–water partition coefficient (Wildman–Crippen LogP) is 7.08. The molecule has 1 saturated carbocycles. The van der Waals surface area contributed by atoms with E-state index >= 15 is 0 Å². The molecule has 38 heavy (non-hydrogen) atoms. The van der Waals surface area contributed by atoms with Gasteiger partial charge in [0.05, 0.1) is 22.2 Å². The van der Waals surface area contributed by atoms with Gasteiger partial charge >= 0.3 is 0 Å². The highest BCUT2D eigenvalue weighted by molar-refractivity contribution is 7.21. The standard InChI is InChI=1S/C29H28ClF2N3O2S/c1-33-20-6-8-21(9-7-20)35(29(36)28-26(30)25-22(31)10-11-23(32)27(25)38-28)16-19-14-17(5-12-24(19)37-2)18-4-3-13-34-15-18/h3-5,10-15,20-21,33H,6-9,16H2,1-2H3/t20-,21+. The van der Waals surface area contributed by atoms with E-state index in [0.717, 1.165) is 65.8 Å². The third kappa shape index (κ3) is 5.13. The maximum absolute atomic E-state index is 14.6. The summed E-state index contributed by atoms with van der Waals surface area (Å²) in [5.74, 6) is -0.927. The predicted molar refractivity (Wildman–Crippen MR) is 148 cm³/mol. The first-order chi connectivity index (χ1) is 18.4. The summed E-state index contributed by atoms with van der Waals surface area (Å²) < 4.78 is 34.8. The molecule has 1 N–H and O–H groups in total. The normalized spacial score (nSPS) is 17.5. The summed E-state index contributed by atoms with van der Waals surface area (Å²) in [4.78, 5) is 20.3. The van der Waals surface area contributed by atoms with Crippen molar-refractivity contribution >= 4 is 38.9 Å². The van der Waals surface area contributed by atoms with E-state index in [1.165, 1.54) is 0 Å². The highest BCUT2D eigenvalue weighted by Gasteiger charge is 2.33. The van der Waals surface area contributed by atoms with Crippen molar-refractivity contribution in [1.82, 2.24) is 15.2 Å². The molecule has 5 rings (SSSR count). The first kappa shape index (κ1) is 26.5. The van der Waals surface area contributed by atoms with Crippen LogP contribution in [-0.4, -0.2) is 42.0 Å². The van der Waals surface area contributed by atoms with E-state index in [9.17, 15) is 13.6 Å². The Balaban J connectivity index is 1.56. The van der Waals surface area contributed by atoms with Gasteiger partial charge < -0.3 is 15.0 Å². The molecule has 5 nitrogen and oxygen atoms in total. The zero-order valence-electron chi connectivity index (χ0n) is 21.1. The van der Waals surface area contributed by atoms with Crippen molar-refractivity contribution < 1.29 is 18.3 Å². The Kier molecular flexibility index (Phi) is 7.93. The average molecular weight is 556 g/mol. The van der Waals surface area contributed by atoms with Gasteiger partial charge in [-0.2, -0.15) is 0 Å². The van der Waals surface area contributed by atoms with Crippen molar-refractivity contribution in [3.8, 4) is 16.9 Å². The van der Waals surface area contributed by atoms with Crippen molar-refractivity contribution in [3.63, 3.8) is 0 Å². The van der Waals surface area contributed by atoms with Crippen LogP contribution in [0.1, 0.15) is 40.9 Å². The van der Waals surface area contributed by atoms with Crippen LogP contribution >= 0.6 is 22.9 Å². The molecule has 1 aliphatic rings. The molecule has 1 aliphatic carbocycles. The Morgan fingerprint density at radius 3 is 2.55 bits per heavy atom. The SMILES string of the molecule is CN[C@H]1CC[C@@H](N(Cc2cc(-c3cccnc3)ccc2OC)C(=O)c2sc3c(F)ccc(F)c3c2Cl)CC1. The number of amides is 1. The highest BCUT2D eigenvalue weighted by Crippen LogP contribution is 2.40. The van der Waals surface area contributed by atoms with Crippen LogP contribution in [0.2, 0.25) is 5.02 Å². The number of hydrogen-bond donors (Lipinski definition) is 1. The van der Waals surface area contributed by atoms with Crippen molar-refractivity contribution in [3.05, 3.63) is 82.0 Å². The molecule has 0 atom stereocenters. The van der Waals surface area contributed by atoms with Crippen LogP contribution in [0, 0.1) is 11.6 Å². The second-order valence-electron chi connectivity index (χ2n) is 9.47. The smallest absolute Gasteiger partial charge is 0.266 e. The molecular weight excluding hydrogens is 528 g/mol. The average Bonchev–Trinajstić information content (AvgIpc) is 3.32. The molecule has 2 heterocycles. The van der Waals surface area contributed by atoms with E-state index in [2.05, 4.69) is 10.3 Å². The van der Waals surface area contributed by atoms with E-state index < -0.39 is 11.6 Å². The Morgan fingerprint density at radius 1 is 1.13 bits per heavy atom. The van der Waals surface area contributed by atoms with Crippen LogP contribution < -0.4 is 10.1 Å². The summed E-state index contributed by atoms with van der Waals surface area (Å²) in [5, 5.41) is 3.23. The minimum atomic E-state index is -0.645. The number of rotatable bonds is 7. The van der Waals surface area contributed by atoms with Gasteiger partial charge in [0.15, 0.2) is 0 Å². The van der Waals surface area contributed by atoms with Gasteiger partial charge in [-0.25, -0.2) is 8.78 Å². The molecule has 2 aromatic carbocycles. The van der Waals surface area contributed by atoms with Crippen LogP contribution in [0.4, 0.5) is 8.78 Å². The molecule has 0 saturated heterocycles. The van der Waals surface area contributed by atoms with Crippen LogP contribution in [0.25, 0.3) is 21.2 Å². The quantitative estimate of drug-likeness (QED) is 0.265. The molecule has 9 heteroatoms. The largest absolute Gasteiger partial charge is 0.496 e. The molecule has 1 fully saturated rings. The lowest BCUT2D eigenvalue weighted by Crippen LogP contribution is -2.44. The number of methoxy groups -OCH3 is 1. The lowest BCUT2D eigenvalue weighted by Gasteiger charge is -2.37. The Labute approximate surface area is 229 Å². The molecule has 0 aliphatic heterocycles. The lowest BCUT2D eigenvalue weighted by molar-refractivity contribution is 0.0604. The highest BCUT2D eigenvalue weighted by atomic mass is 35.5. The van der Waals surface area contributed by atoms with Crippen LogP contribution in [0.15, 0.2) is 54.9 Å². The summed E-state index contributed by atoms with van der Waals surface area (Å²) in [6.45, 7) is 0.264. The molecule has 0 radical (unpaired) electrons. The summed E-state index contributed by atoms with van der Waals surface area (Å²) in [6, 6.07) is 12.1. The number of nitrogens with zero attached hydrogens (tertiary/aromatic N) is 2. The number of halogens is 3. The number of hydrogen-bond acceptors (Lipinski definition) is 5. The number of fused-ring (bicyclic) bond motifs is 1. The van der Waals surface area contributed by atoms with Gasteiger partial charge in [-0.1, -0.05) is 23.7 Å². The Hall–Kier alpha value is -3.07.